The van der Waals surface area contributed by atoms with Gasteiger partial charge in [0.05, 0.1) is 139 Å². The maximum absolute atomic E-state index is 12.9. The van der Waals surface area contributed by atoms with E-state index in [-0.39, 0.29) is 142 Å². The highest BCUT2D eigenvalue weighted by molar-refractivity contribution is 6.83. The summed E-state index contributed by atoms with van der Waals surface area (Å²) in [5, 5.41) is 76.7. The number of hydrogen-bond acceptors (Lipinski definition) is 31. The van der Waals surface area contributed by atoms with E-state index in [1.807, 2.05) is 58.5 Å². The maximum atomic E-state index is 12.9. The van der Waals surface area contributed by atoms with E-state index < -0.39 is 108 Å². The molecule has 0 amide bonds. The molecular weight excluding hydrogens is 2000 g/mol. The molecule has 4 aliphatic heterocycles. The van der Waals surface area contributed by atoms with Gasteiger partial charge in [-0.25, -0.2) is 15.0 Å². The van der Waals surface area contributed by atoms with Crippen LogP contribution in [-0.4, -0.2) is 203 Å². The molecule has 796 valence electrons. The Bertz CT molecular complexity index is 6110. The largest absolute Gasteiger partial charge is 0.497 e. The first-order valence-electron chi connectivity index (χ1n) is 48.7. The number of nitrogens with two attached hydrogens (primary N) is 2. The van der Waals surface area contributed by atoms with Crippen molar-refractivity contribution in [2.75, 3.05) is 48.9 Å². The molecule has 0 unspecified atom stereocenters. The standard InChI is InChI=1S/C25H44Cl2N4O2Si2.C25H45ClN4O3Si2.C24H30ClN5O7.C24H31N5O8/c1-12-17-18(33-35(10,11)25(5,6)7)13-19(32-17)31-15-16(14-26)20-21(27)28-23(29-22(20)31)30-34(8,9)24(2,3)4;1-12-17-18(33-35(10,11)25(5,6)7)13-19(32-17)30-14-16(15-31)20-21(26)27-23(28-22(20)30)29-34(8,9)24(2,3)4;1-24(2,3)20(14-7-13(35-4)5-6-15(14)30(33)34)36-11-12-9-29(18-8-16(32)17(10-31)37-18)22-19(12)21(25)27-23(26)28-22;1-24(2,3)20(14-7-13(35-4)5-6-15(14)29(33)34)36-11-12-9-28(18-8-16(31)17(10-30)37-18)21-19(12)22(32)27-23(25)26-21/h15,17-19H,12-14H2,1-11H3,(H,28,29,30);14,17-19,31H,12-13,15H2,1-11H3,(H,27,28,29);5-7,9,16-18,20,31-32H,8,10-11H2,1-4H3,(H2,26,27,28);5-7,9,16-18,20,30-31H,8,10-11H2,1-4H3,(H3,25,26,27,32)/t2*17-,18-,19-;2*16-,17-,18-,20-/m1111/s1. The molecule has 14 rings (SSSR count). The van der Waals surface area contributed by atoms with Crippen molar-refractivity contribution in [2.24, 2.45) is 10.8 Å². The van der Waals surface area contributed by atoms with Crippen LogP contribution in [0.25, 0.3) is 44.1 Å². The Hall–Kier alpha value is -8.17. The molecule has 0 aliphatic carbocycles. The average Bonchev–Trinajstić information content (AvgIpc) is 1.60. The molecule has 12 N–H and O–H groups in total. The van der Waals surface area contributed by atoms with Gasteiger partial charge >= 0.3 is 0 Å². The summed E-state index contributed by atoms with van der Waals surface area (Å²) in [4.78, 5) is 77.0. The minimum absolute atomic E-state index is 0.00546. The first kappa shape index (κ1) is 116. The van der Waals surface area contributed by atoms with Crippen LogP contribution in [0.2, 0.25) is 88.0 Å². The number of nitrogens with one attached hydrogen (secondary N) is 3. The number of alkyl halides is 1. The minimum atomic E-state index is -1.96. The number of ether oxygens (including phenoxy) is 8. The lowest BCUT2D eigenvalue weighted by Gasteiger charge is -2.39. The number of halogens is 4. The van der Waals surface area contributed by atoms with Crippen LogP contribution >= 0.6 is 46.4 Å². The van der Waals surface area contributed by atoms with Crippen molar-refractivity contribution < 1.29 is 82.1 Å². The summed E-state index contributed by atoms with van der Waals surface area (Å²) < 4.78 is 68.9. The minimum Gasteiger partial charge on any atom is -0.497 e. The molecule has 0 saturated carbocycles. The monoisotopic (exact) mass is 2150 g/mol. The van der Waals surface area contributed by atoms with Gasteiger partial charge in [0.2, 0.25) is 23.8 Å². The van der Waals surface area contributed by atoms with Gasteiger partial charge in [-0.3, -0.25) is 30.0 Å². The first-order chi connectivity index (χ1) is 66.7. The summed E-state index contributed by atoms with van der Waals surface area (Å²) >= 11 is 26.2. The zero-order valence-corrected chi connectivity index (χ0v) is 95.7. The highest BCUT2D eigenvalue weighted by Crippen LogP contribution is 2.51. The fraction of sp³-hybridized carbons (Fsp3) is 0.633. The lowest BCUT2D eigenvalue weighted by molar-refractivity contribution is -0.386. The summed E-state index contributed by atoms with van der Waals surface area (Å²) in [5.74, 6) is 2.20. The van der Waals surface area contributed by atoms with Crippen LogP contribution in [0.15, 0.2) is 66.0 Å². The normalized spacial score (nSPS) is 21.5. The molecule has 4 fully saturated rings. The number of anilines is 4. The second-order valence-corrected chi connectivity index (χ2v) is 66.8. The van der Waals surface area contributed by atoms with E-state index in [1.165, 1.54) is 38.5 Å². The molecule has 0 spiro atoms. The van der Waals surface area contributed by atoms with Crippen LogP contribution in [0.5, 0.6) is 11.5 Å². The van der Waals surface area contributed by atoms with Crippen LogP contribution in [-0.2, 0) is 63.0 Å². The van der Waals surface area contributed by atoms with Gasteiger partial charge < -0.3 is 112 Å². The topological polar surface area (TPSA) is 499 Å². The van der Waals surface area contributed by atoms with Crippen molar-refractivity contribution in [3.63, 3.8) is 0 Å². The number of aliphatic hydroxyl groups is 5. The smallest absolute Gasteiger partial charge is 0.275 e. The Kier molecular flexibility index (Phi) is 36.2. The van der Waals surface area contributed by atoms with Crippen molar-refractivity contribution >= 4 is 159 Å². The van der Waals surface area contributed by atoms with Crippen molar-refractivity contribution in [1.82, 2.24) is 58.1 Å². The molecule has 10 aromatic rings. The van der Waals surface area contributed by atoms with Crippen molar-refractivity contribution in [3.05, 3.63) is 141 Å². The molecule has 0 bridgehead atoms. The predicted molar refractivity (Wildman–Crippen MR) is 572 cm³/mol. The van der Waals surface area contributed by atoms with Crippen LogP contribution in [0.1, 0.15) is 247 Å². The molecule has 38 nitrogen and oxygen atoms in total. The number of benzene rings is 2. The summed E-state index contributed by atoms with van der Waals surface area (Å²) in [6.07, 6.45) is 4.56. The number of H-pyrrole nitrogens is 1. The second kappa shape index (κ2) is 44.9. The van der Waals surface area contributed by atoms with Gasteiger partial charge in [-0.2, -0.15) is 19.9 Å². The molecule has 144 heavy (non-hydrogen) atoms. The number of nitrogens with zero attached hydrogens (tertiary/aromatic N) is 13. The van der Waals surface area contributed by atoms with Crippen LogP contribution < -0.4 is 36.5 Å². The van der Waals surface area contributed by atoms with Crippen molar-refractivity contribution in [1.29, 1.82) is 0 Å². The summed E-state index contributed by atoms with van der Waals surface area (Å²) in [5.41, 5.74) is 15.3. The van der Waals surface area contributed by atoms with Gasteiger partial charge in [0, 0.05) is 85.2 Å². The van der Waals surface area contributed by atoms with Gasteiger partial charge in [0.25, 0.3) is 16.9 Å². The fourth-order valence-corrected chi connectivity index (χ4v) is 23.0. The summed E-state index contributed by atoms with van der Waals surface area (Å²) in [7, 11) is -4.75. The van der Waals surface area contributed by atoms with E-state index >= 15 is 0 Å². The number of aromatic amines is 1. The van der Waals surface area contributed by atoms with E-state index in [0.29, 0.717) is 89.5 Å². The Morgan fingerprint density at radius 2 is 0.833 bits per heavy atom. The molecular formula is C98H150Cl4N18O20Si4. The molecule has 8 aromatic heterocycles. The van der Waals surface area contributed by atoms with Gasteiger partial charge in [0.1, 0.15) is 81.0 Å². The van der Waals surface area contributed by atoms with E-state index in [0.717, 1.165) is 42.3 Å². The zero-order valence-electron chi connectivity index (χ0n) is 88.7. The van der Waals surface area contributed by atoms with Crippen molar-refractivity contribution in [3.8, 4) is 11.5 Å². The van der Waals surface area contributed by atoms with E-state index in [9.17, 15) is 50.6 Å². The highest BCUT2D eigenvalue weighted by atomic mass is 35.5. The van der Waals surface area contributed by atoms with E-state index in [2.05, 4.69) is 194 Å². The molecule has 46 heteroatoms. The van der Waals surface area contributed by atoms with E-state index in [1.54, 1.807) is 33.7 Å². The Morgan fingerprint density at radius 3 is 1.17 bits per heavy atom. The quantitative estimate of drug-likeness (QED) is 0.00657. The summed E-state index contributed by atoms with van der Waals surface area (Å²) in [6, 6.07) is 9.01. The Labute approximate surface area is 866 Å². The molecule has 4 saturated heterocycles. The molecule has 12 heterocycles. The van der Waals surface area contributed by atoms with Gasteiger partial charge in [-0.1, -0.05) is 199 Å². The van der Waals surface area contributed by atoms with Crippen LogP contribution in [0.3, 0.4) is 0 Å². The maximum Gasteiger partial charge on any atom is 0.275 e. The number of nitro groups is 2. The third-order valence-corrected chi connectivity index (χ3v) is 48.6. The molecule has 14 atom stereocenters. The number of methoxy groups -OCH3 is 2. The van der Waals surface area contributed by atoms with Gasteiger partial charge in [0.15, 0.2) is 38.8 Å². The predicted octanol–water partition coefficient (Wildman–Crippen LogP) is 21.1. The number of rotatable bonds is 30. The number of hydrogen-bond donors (Lipinski definition) is 10. The first-order valence-corrected chi connectivity index (χ1v) is 62.2. The zero-order chi connectivity index (χ0) is 107. The van der Waals surface area contributed by atoms with Crippen molar-refractivity contribution in [2.45, 2.75) is 361 Å². The second-order valence-electron chi connectivity index (χ2n) is 45.9. The lowest BCUT2D eigenvalue weighted by atomic mass is 9.83. The molecule has 2 aromatic carbocycles. The molecule has 0 radical (unpaired) electrons. The number of aromatic nitrogens is 12. The lowest BCUT2D eigenvalue weighted by Crippen LogP contribution is -2.46. The third-order valence-electron chi connectivity index (χ3n) is 29.3. The Morgan fingerprint density at radius 1 is 0.493 bits per heavy atom. The third kappa shape index (κ3) is 25.6. The summed E-state index contributed by atoms with van der Waals surface area (Å²) in [6.45, 7) is 60.1. The van der Waals surface area contributed by atoms with Gasteiger partial charge in [-0.05, 0) is 99.8 Å². The number of nitrogen functional groups attached to an aromatic ring is 2. The number of fused-ring (bicyclic) bond motifs is 4. The Balaban J connectivity index is 0.000000183. The SMILES string of the molecule is CC[C@H]1O[C@@H](n2cc(CCl)c3c(Cl)nc(N[Si](C)(C)C(C)(C)C)nc32)C[C@H]1O[Si](C)(C)C(C)(C)C.CC[C@H]1O[C@@H](n2cc(CO)c3c(Cl)nc(N[Si](C)(C)C(C)(C)C)nc32)C[C@H]1O[Si](C)(C)C(C)(C)C.COc1ccc([N+](=O)[O-])c([C@@H](OCc2cn([C@H]3C[C@@H](O)[C@@H](CO)O3)c3nc(N)[nH]c(=O)c23)C(C)(C)C)c1.COc1ccc([N+](=O)[O-])c([C@@H](OCc2cn([C@H]3C[C@@H](O)[C@@H](CO)O3)c3nc(N)nc(Cl)c23)C(C)(C)C)c1. The average molecular weight is 2150 g/mol. The van der Waals surface area contributed by atoms with E-state index in [4.69, 9.17) is 115 Å². The fourth-order valence-electron chi connectivity index (χ4n) is 17.1. The number of nitro benzene ring substituents is 2. The number of aliphatic hydroxyl groups excluding tert-OH is 5. The van der Waals surface area contributed by atoms with Gasteiger partial charge in [-0.15, -0.1) is 11.6 Å². The highest BCUT2D eigenvalue weighted by Gasteiger charge is 2.50. The van der Waals surface area contributed by atoms with Crippen LogP contribution in [0, 0.1) is 31.1 Å². The van der Waals surface area contributed by atoms with Crippen LogP contribution in [0.4, 0.5) is 35.2 Å². The molecule has 4 aliphatic rings.